The van der Waals surface area contributed by atoms with E-state index in [1.54, 1.807) is 0 Å². The molecule has 1 atom stereocenters. The van der Waals surface area contributed by atoms with Gasteiger partial charge < -0.3 is 15.4 Å². The molecule has 1 aromatic rings. The van der Waals surface area contributed by atoms with Gasteiger partial charge in [0.05, 0.1) is 5.69 Å². The second-order valence-electron chi connectivity index (χ2n) is 6.26. The van der Waals surface area contributed by atoms with Gasteiger partial charge in [0.1, 0.15) is 12.8 Å². The maximum atomic E-state index is 6.12. The van der Waals surface area contributed by atoms with Gasteiger partial charge in [-0.15, -0.1) is 0 Å². The summed E-state index contributed by atoms with van der Waals surface area (Å²) in [4.78, 5) is 4.81. The van der Waals surface area contributed by atoms with E-state index in [0.29, 0.717) is 6.61 Å². The number of hydrogen-bond donors (Lipinski definition) is 2. The number of nitrogens with two attached hydrogens (primary N) is 1. The molecular formula is C17H27N5O. The predicted octanol–water partition coefficient (Wildman–Crippen LogP) is 0.792. The number of likely N-dealkylation sites (N-methyl/N-ethyl adjacent to an activating group) is 1. The molecule has 0 amide bonds. The van der Waals surface area contributed by atoms with Crippen LogP contribution in [-0.2, 0) is 4.74 Å². The molecule has 0 bridgehead atoms. The van der Waals surface area contributed by atoms with E-state index in [1.165, 1.54) is 0 Å². The minimum atomic E-state index is -0.200. The van der Waals surface area contributed by atoms with Gasteiger partial charge in [0, 0.05) is 38.3 Å². The molecule has 6 nitrogen and oxygen atoms in total. The number of rotatable bonds is 5. The average molecular weight is 317 g/mol. The van der Waals surface area contributed by atoms with E-state index in [4.69, 9.17) is 10.5 Å². The third-order valence-electron chi connectivity index (χ3n) is 4.53. The minimum Gasteiger partial charge on any atom is -0.477 e. The number of piperazine rings is 1. The molecule has 0 saturated carbocycles. The Morgan fingerprint density at radius 2 is 1.87 bits per heavy atom. The summed E-state index contributed by atoms with van der Waals surface area (Å²) in [5.41, 5.74) is 11.4. The number of hydrogen-bond acceptors (Lipinski definition) is 6. The number of nitrogens with zero attached hydrogens (tertiary/aromatic N) is 3. The first-order chi connectivity index (χ1) is 11.1. The van der Waals surface area contributed by atoms with Gasteiger partial charge in [-0.2, -0.15) is 0 Å². The molecule has 3 rings (SSSR count). The molecule has 1 aromatic carbocycles. The molecule has 0 aliphatic carbocycles. The largest absolute Gasteiger partial charge is 0.477 e. The smallest absolute Gasteiger partial charge is 0.210 e. The summed E-state index contributed by atoms with van der Waals surface area (Å²) in [6.07, 6.45) is -0.200. The Bertz CT molecular complexity index is 539. The topological polar surface area (TPSA) is 57.0 Å². The molecule has 2 heterocycles. The zero-order valence-electron chi connectivity index (χ0n) is 14.0. The summed E-state index contributed by atoms with van der Waals surface area (Å²) in [5, 5.41) is 1.95. The van der Waals surface area contributed by atoms with Crippen molar-refractivity contribution in [2.24, 2.45) is 5.73 Å². The lowest BCUT2D eigenvalue weighted by molar-refractivity contribution is 0.110. The van der Waals surface area contributed by atoms with Gasteiger partial charge in [-0.05, 0) is 26.1 Å². The number of para-hydroxylation sites is 1. The van der Waals surface area contributed by atoms with Gasteiger partial charge in [-0.25, -0.2) is 10.4 Å². The van der Waals surface area contributed by atoms with Crippen molar-refractivity contribution in [3.8, 4) is 0 Å². The van der Waals surface area contributed by atoms with Gasteiger partial charge in [0.15, 0.2) is 0 Å². The van der Waals surface area contributed by atoms with E-state index in [-0.39, 0.29) is 6.17 Å². The van der Waals surface area contributed by atoms with Crippen molar-refractivity contribution in [2.45, 2.75) is 13.1 Å². The number of nitrogens with one attached hydrogen (secondary N) is 1. The number of benzene rings is 1. The quantitative estimate of drug-likeness (QED) is 0.837. The highest BCUT2D eigenvalue weighted by Gasteiger charge is 2.28. The Labute approximate surface area is 138 Å². The van der Waals surface area contributed by atoms with Gasteiger partial charge in [0.2, 0.25) is 5.88 Å². The fourth-order valence-corrected chi connectivity index (χ4v) is 2.89. The lowest BCUT2D eigenvalue weighted by Gasteiger charge is -2.32. The van der Waals surface area contributed by atoms with Crippen LogP contribution < -0.4 is 16.2 Å². The fraction of sp³-hybridized carbons (Fsp3) is 0.529. The second-order valence-corrected chi connectivity index (χ2v) is 6.26. The van der Waals surface area contributed by atoms with E-state index in [0.717, 1.165) is 49.9 Å². The number of ether oxygens (including phenoxy) is 1. The van der Waals surface area contributed by atoms with Crippen LogP contribution in [0.2, 0.25) is 0 Å². The van der Waals surface area contributed by atoms with Crippen LogP contribution in [0.15, 0.2) is 41.8 Å². The van der Waals surface area contributed by atoms with Gasteiger partial charge in [-0.3, -0.25) is 4.90 Å². The number of anilines is 1. The molecule has 0 spiro atoms. The van der Waals surface area contributed by atoms with Crippen molar-refractivity contribution in [3.63, 3.8) is 0 Å². The highest BCUT2D eigenvalue weighted by atomic mass is 16.5. The zero-order valence-corrected chi connectivity index (χ0v) is 14.0. The van der Waals surface area contributed by atoms with Crippen LogP contribution in [0.25, 0.3) is 0 Å². The van der Waals surface area contributed by atoms with Crippen molar-refractivity contribution in [3.05, 3.63) is 41.8 Å². The maximum Gasteiger partial charge on any atom is 0.210 e. The Kier molecular flexibility index (Phi) is 5.17. The highest BCUT2D eigenvalue weighted by Crippen LogP contribution is 2.25. The summed E-state index contributed by atoms with van der Waals surface area (Å²) in [6.45, 7) is 8.12. The minimum absolute atomic E-state index is 0.200. The first kappa shape index (κ1) is 16.3. The maximum absolute atomic E-state index is 6.12. The van der Waals surface area contributed by atoms with E-state index < -0.39 is 0 Å². The van der Waals surface area contributed by atoms with E-state index in [1.807, 2.05) is 42.3 Å². The highest BCUT2D eigenvalue weighted by molar-refractivity contribution is 5.52. The van der Waals surface area contributed by atoms with Crippen LogP contribution in [0.5, 0.6) is 0 Å². The van der Waals surface area contributed by atoms with Crippen molar-refractivity contribution in [1.29, 1.82) is 0 Å². The van der Waals surface area contributed by atoms with Gasteiger partial charge in [0.25, 0.3) is 0 Å². The molecule has 6 heteroatoms. The summed E-state index contributed by atoms with van der Waals surface area (Å²) in [6, 6.07) is 10.1. The predicted molar refractivity (Wildman–Crippen MR) is 92.6 cm³/mol. The summed E-state index contributed by atoms with van der Waals surface area (Å²) in [5.74, 6) is 0.831. The van der Waals surface area contributed by atoms with E-state index in [2.05, 4.69) is 22.3 Å². The molecule has 2 aliphatic rings. The Morgan fingerprint density at radius 3 is 2.57 bits per heavy atom. The monoisotopic (exact) mass is 317 g/mol. The molecule has 2 aliphatic heterocycles. The third-order valence-corrected chi connectivity index (χ3v) is 4.53. The van der Waals surface area contributed by atoms with Crippen LogP contribution in [0.4, 0.5) is 5.69 Å². The van der Waals surface area contributed by atoms with Crippen LogP contribution >= 0.6 is 0 Å². The first-order valence-electron chi connectivity index (χ1n) is 8.26. The summed E-state index contributed by atoms with van der Waals surface area (Å²) in [7, 11) is 2.17. The standard InChI is InChI=1S/C17H27N5O/c1-14-16(18)19-22(15-6-4-3-5-7-15)17(14)23-13-12-21-10-8-20(2)9-11-21/h3-7,16,19H,8-13,18H2,1-2H3. The third kappa shape index (κ3) is 3.84. The van der Waals surface area contributed by atoms with Crippen molar-refractivity contribution in [2.75, 3.05) is 51.4 Å². The Hall–Kier alpha value is -1.60. The van der Waals surface area contributed by atoms with Crippen molar-refractivity contribution in [1.82, 2.24) is 15.2 Å². The Morgan fingerprint density at radius 1 is 1.17 bits per heavy atom. The second kappa shape index (κ2) is 7.31. The van der Waals surface area contributed by atoms with E-state index >= 15 is 0 Å². The van der Waals surface area contributed by atoms with Crippen molar-refractivity contribution >= 4 is 5.69 Å². The van der Waals surface area contributed by atoms with Crippen LogP contribution in [0, 0.1) is 0 Å². The molecule has 0 aromatic heterocycles. The van der Waals surface area contributed by atoms with Crippen LogP contribution in [-0.4, -0.2) is 62.3 Å². The zero-order chi connectivity index (χ0) is 16.2. The molecule has 3 N–H and O–H groups in total. The van der Waals surface area contributed by atoms with E-state index in [9.17, 15) is 0 Å². The number of hydrazine groups is 1. The molecule has 126 valence electrons. The first-order valence-corrected chi connectivity index (χ1v) is 8.26. The molecule has 23 heavy (non-hydrogen) atoms. The molecule has 1 saturated heterocycles. The Balaban J connectivity index is 1.58. The molecule has 1 fully saturated rings. The fourth-order valence-electron chi connectivity index (χ4n) is 2.89. The molecular weight excluding hydrogens is 290 g/mol. The van der Waals surface area contributed by atoms with Crippen molar-refractivity contribution < 1.29 is 4.74 Å². The lowest BCUT2D eigenvalue weighted by Crippen LogP contribution is -2.45. The van der Waals surface area contributed by atoms with Gasteiger partial charge in [-0.1, -0.05) is 18.2 Å². The average Bonchev–Trinajstić information content (AvgIpc) is 2.86. The van der Waals surface area contributed by atoms with Crippen LogP contribution in [0.1, 0.15) is 6.92 Å². The summed E-state index contributed by atoms with van der Waals surface area (Å²) < 4.78 is 6.09. The van der Waals surface area contributed by atoms with Crippen LogP contribution in [0.3, 0.4) is 0 Å². The molecule has 1 unspecified atom stereocenters. The SMILES string of the molecule is CC1=C(OCCN2CCN(C)CC2)N(c2ccccc2)NC1N. The van der Waals surface area contributed by atoms with Gasteiger partial charge >= 0.3 is 0 Å². The lowest BCUT2D eigenvalue weighted by atomic mass is 10.2. The summed E-state index contributed by atoms with van der Waals surface area (Å²) >= 11 is 0. The normalized spacial score (nSPS) is 23.6. The molecule has 0 radical (unpaired) electrons.